The minimum absolute atomic E-state index is 0.150. The summed E-state index contributed by atoms with van der Waals surface area (Å²) < 4.78 is 4.62. The molecule has 1 aromatic heterocycles. The molecule has 0 aliphatic rings. The van der Waals surface area contributed by atoms with E-state index in [9.17, 15) is 9.59 Å². The number of halogens is 1. The molecular weight excluding hydrogens is 312 g/mol. The quantitative estimate of drug-likeness (QED) is 0.878. The average Bonchev–Trinajstić information content (AvgIpc) is 2.79. The summed E-state index contributed by atoms with van der Waals surface area (Å²) >= 11 is 7.04. The number of thiazole rings is 1. The molecule has 1 aromatic carbocycles. The zero-order valence-corrected chi connectivity index (χ0v) is 13.0. The van der Waals surface area contributed by atoms with Crippen molar-refractivity contribution in [1.29, 1.82) is 0 Å². The van der Waals surface area contributed by atoms with Crippen molar-refractivity contribution in [2.75, 3.05) is 12.4 Å². The monoisotopic (exact) mass is 324 g/mol. The SMILES string of the molecule is COC(=O)Cc1sc(NC(=O)c2ccc(Cl)cc2)nc1C. The standard InChI is InChI=1S/C14H13ClN2O3S/c1-8-11(7-12(18)20-2)21-14(16-8)17-13(19)9-3-5-10(15)6-4-9/h3-6H,7H2,1-2H3,(H,16,17,19). The number of benzene rings is 1. The maximum absolute atomic E-state index is 12.0. The Morgan fingerprint density at radius 2 is 2.00 bits per heavy atom. The van der Waals surface area contributed by atoms with Crippen LogP contribution in [-0.2, 0) is 16.0 Å². The van der Waals surface area contributed by atoms with Crippen LogP contribution in [0.1, 0.15) is 20.9 Å². The number of aromatic nitrogens is 1. The number of methoxy groups -OCH3 is 1. The van der Waals surface area contributed by atoms with Crippen molar-refractivity contribution in [2.24, 2.45) is 0 Å². The third-order valence-electron chi connectivity index (χ3n) is 2.75. The van der Waals surface area contributed by atoms with Crippen LogP contribution in [0.25, 0.3) is 0 Å². The molecule has 1 amide bonds. The van der Waals surface area contributed by atoms with E-state index in [1.165, 1.54) is 18.4 Å². The number of carbonyl (C=O) groups is 2. The van der Waals surface area contributed by atoms with E-state index in [1.807, 2.05) is 0 Å². The van der Waals surface area contributed by atoms with Crippen LogP contribution in [0, 0.1) is 6.92 Å². The summed E-state index contributed by atoms with van der Waals surface area (Å²) in [5.41, 5.74) is 1.19. The lowest BCUT2D eigenvalue weighted by atomic mass is 10.2. The van der Waals surface area contributed by atoms with E-state index in [1.54, 1.807) is 31.2 Å². The van der Waals surface area contributed by atoms with Gasteiger partial charge in [-0.3, -0.25) is 14.9 Å². The van der Waals surface area contributed by atoms with Gasteiger partial charge in [-0.2, -0.15) is 0 Å². The van der Waals surface area contributed by atoms with E-state index in [2.05, 4.69) is 15.0 Å². The van der Waals surface area contributed by atoms with Crippen LogP contribution in [0.15, 0.2) is 24.3 Å². The molecule has 0 aliphatic carbocycles. The van der Waals surface area contributed by atoms with Gasteiger partial charge < -0.3 is 4.74 Å². The summed E-state index contributed by atoms with van der Waals surface area (Å²) in [6.45, 7) is 1.78. The van der Waals surface area contributed by atoms with Gasteiger partial charge in [-0.25, -0.2) is 4.98 Å². The van der Waals surface area contributed by atoms with Crippen molar-refractivity contribution in [2.45, 2.75) is 13.3 Å². The van der Waals surface area contributed by atoms with Crippen LogP contribution in [0.4, 0.5) is 5.13 Å². The normalized spacial score (nSPS) is 10.2. The van der Waals surface area contributed by atoms with Gasteiger partial charge in [0, 0.05) is 15.5 Å². The topological polar surface area (TPSA) is 68.3 Å². The smallest absolute Gasteiger partial charge is 0.310 e. The van der Waals surface area contributed by atoms with E-state index in [4.69, 9.17) is 11.6 Å². The third-order valence-corrected chi connectivity index (χ3v) is 4.08. The predicted molar refractivity (Wildman–Crippen MR) is 82.0 cm³/mol. The zero-order chi connectivity index (χ0) is 15.4. The number of carbonyl (C=O) groups excluding carboxylic acids is 2. The molecule has 0 saturated heterocycles. The highest BCUT2D eigenvalue weighted by Crippen LogP contribution is 2.24. The summed E-state index contributed by atoms with van der Waals surface area (Å²) in [5.74, 6) is -0.609. The van der Waals surface area contributed by atoms with Crippen molar-refractivity contribution in [3.05, 3.63) is 45.4 Å². The lowest BCUT2D eigenvalue weighted by molar-refractivity contribution is -0.139. The van der Waals surface area contributed by atoms with Gasteiger partial charge in [0.05, 0.1) is 19.2 Å². The molecule has 21 heavy (non-hydrogen) atoms. The van der Waals surface area contributed by atoms with Gasteiger partial charge in [-0.1, -0.05) is 11.6 Å². The summed E-state index contributed by atoms with van der Waals surface area (Å²) in [6.07, 6.45) is 0.150. The second kappa shape index (κ2) is 6.69. The van der Waals surface area contributed by atoms with Gasteiger partial charge >= 0.3 is 5.97 Å². The van der Waals surface area contributed by atoms with E-state index >= 15 is 0 Å². The Morgan fingerprint density at radius 3 is 2.62 bits per heavy atom. The molecule has 0 aliphatic heterocycles. The summed E-state index contributed by atoms with van der Waals surface area (Å²) in [6, 6.07) is 6.56. The molecule has 7 heteroatoms. The Hall–Kier alpha value is -1.92. The van der Waals surface area contributed by atoms with Gasteiger partial charge in [0.15, 0.2) is 5.13 Å². The van der Waals surface area contributed by atoms with E-state index in [0.717, 1.165) is 4.88 Å². The first-order valence-corrected chi connectivity index (χ1v) is 7.29. The molecule has 0 saturated carbocycles. The van der Waals surface area contributed by atoms with Crippen LogP contribution < -0.4 is 5.32 Å². The van der Waals surface area contributed by atoms with Gasteiger partial charge in [-0.05, 0) is 31.2 Å². The Kier molecular flexibility index (Phi) is 4.93. The number of rotatable bonds is 4. The fourth-order valence-corrected chi connectivity index (χ4v) is 2.69. The molecule has 2 aromatic rings. The van der Waals surface area contributed by atoms with Crippen molar-refractivity contribution in [1.82, 2.24) is 4.98 Å². The lowest BCUT2D eigenvalue weighted by Gasteiger charge is -2.01. The Labute approximate surface area is 130 Å². The molecule has 0 fully saturated rings. The summed E-state index contributed by atoms with van der Waals surface area (Å²) in [4.78, 5) is 28.3. The minimum atomic E-state index is -0.336. The number of nitrogens with zero attached hydrogens (tertiary/aromatic N) is 1. The summed E-state index contributed by atoms with van der Waals surface area (Å²) in [5, 5.41) is 3.72. The fraction of sp³-hybridized carbons (Fsp3) is 0.214. The number of aryl methyl sites for hydroxylation is 1. The van der Waals surface area contributed by atoms with Crippen LogP contribution in [0.3, 0.4) is 0 Å². The molecular formula is C14H13ClN2O3S. The van der Waals surface area contributed by atoms with Gasteiger partial charge in [0.2, 0.25) is 0 Å². The van der Waals surface area contributed by atoms with Gasteiger partial charge in [-0.15, -0.1) is 11.3 Å². The van der Waals surface area contributed by atoms with Crippen molar-refractivity contribution < 1.29 is 14.3 Å². The Balaban J connectivity index is 2.09. The molecule has 2 rings (SSSR count). The molecule has 110 valence electrons. The Morgan fingerprint density at radius 1 is 1.33 bits per heavy atom. The molecule has 0 radical (unpaired) electrons. The molecule has 1 heterocycles. The first-order valence-electron chi connectivity index (χ1n) is 6.09. The van der Waals surface area contributed by atoms with Gasteiger partial charge in [0.25, 0.3) is 5.91 Å². The number of hydrogen-bond donors (Lipinski definition) is 1. The van der Waals surface area contributed by atoms with Crippen molar-refractivity contribution >= 4 is 39.9 Å². The zero-order valence-electron chi connectivity index (χ0n) is 11.5. The van der Waals surface area contributed by atoms with E-state index in [-0.39, 0.29) is 18.3 Å². The van der Waals surface area contributed by atoms with Crippen molar-refractivity contribution in [3.63, 3.8) is 0 Å². The second-order valence-corrected chi connectivity index (χ2v) is 5.76. The van der Waals surface area contributed by atoms with Gasteiger partial charge in [0.1, 0.15) is 0 Å². The van der Waals surface area contributed by atoms with Crippen LogP contribution >= 0.6 is 22.9 Å². The minimum Gasteiger partial charge on any atom is -0.469 e. The van der Waals surface area contributed by atoms with E-state index < -0.39 is 0 Å². The second-order valence-electron chi connectivity index (χ2n) is 4.24. The molecule has 0 atom stereocenters. The lowest BCUT2D eigenvalue weighted by Crippen LogP contribution is -2.11. The number of hydrogen-bond acceptors (Lipinski definition) is 5. The third kappa shape index (κ3) is 4.03. The number of amides is 1. The molecule has 0 spiro atoms. The molecule has 1 N–H and O–H groups in total. The first kappa shape index (κ1) is 15.5. The van der Waals surface area contributed by atoms with Crippen LogP contribution in [-0.4, -0.2) is 24.0 Å². The highest BCUT2D eigenvalue weighted by Gasteiger charge is 2.14. The maximum atomic E-state index is 12.0. The highest BCUT2D eigenvalue weighted by atomic mass is 35.5. The van der Waals surface area contributed by atoms with Crippen LogP contribution in [0.5, 0.6) is 0 Å². The molecule has 5 nitrogen and oxygen atoms in total. The number of ether oxygens (including phenoxy) is 1. The van der Waals surface area contributed by atoms with Crippen LogP contribution in [0.2, 0.25) is 5.02 Å². The first-order chi connectivity index (χ1) is 9.99. The van der Waals surface area contributed by atoms with E-state index in [0.29, 0.717) is 21.4 Å². The fourth-order valence-electron chi connectivity index (χ4n) is 1.62. The number of anilines is 1. The Bertz CT molecular complexity index is 667. The number of nitrogens with one attached hydrogen (secondary N) is 1. The highest BCUT2D eigenvalue weighted by molar-refractivity contribution is 7.16. The number of esters is 1. The average molecular weight is 325 g/mol. The largest absolute Gasteiger partial charge is 0.469 e. The summed E-state index contributed by atoms with van der Waals surface area (Å²) in [7, 11) is 1.34. The molecule has 0 unspecified atom stereocenters. The predicted octanol–water partition coefficient (Wildman–Crippen LogP) is 3.07. The molecule has 0 bridgehead atoms. The maximum Gasteiger partial charge on any atom is 0.310 e. The van der Waals surface area contributed by atoms with Crippen molar-refractivity contribution in [3.8, 4) is 0 Å².